The third-order valence-corrected chi connectivity index (χ3v) is 4.07. The van der Waals surface area contributed by atoms with E-state index in [2.05, 4.69) is 5.16 Å². The lowest BCUT2D eigenvalue weighted by Crippen LogP contribution is -2.33. The maximum atomic E-state index is 12.4. The first-order chi connectivity index (χ1) is 9.22. The Morgan fingerprint density at radius 3 is 2.89 bits per heavy atom. The number of carbonyl (C=O) groups is 1. The first-order valence-electron chi connectivity index (χ1n) is 6.17. The first kappa shape index (κ1) is 13.7. The molecule has 0 aromatic heterocycles. The van der Waals surface area contributed by atoms with Crippen LogP contribution in [0.15, 0.2) is 29.4 Å². The molecule has 0 aliphatic carbocycles. The summed E-state index contributed by atoms with van der Waals surface area (Å²) in [7, 11) is 0. The molecule has 1 aromatic carbocycles. The number of rotatable bonds is 2. The number of carbonyl (C=O) groups excluding carboxylic acids is 1. The van der Waals surface area contributed by atoms with E-state index in [1.807, 2.05) is 16.7 Å². The van der Waals surface area contributed by atoms with Crippen LogP contribution in [-0.2, 0) is 0 Å². The molecule has 1 saturated heterocycles. The molecule has 1 amide bonds. The average Bonchev–Trinajstić information content (AvgIpc) is 2.75. The fraction of sp³-hybridized carbons (Fsp3) is 0.385. The van der Waals surface area contributed by atoms with Crippen molar-refractivity contribution < 1.29 is 10.0 Å². The topological polar surface area (TPSA) is 78.9 Å². The van der Waals surface area contributed by atoms with Gasteiger partial charge in [0.05, 0.1) is 0 Å². The summed E-state index contributed by atoms with van der Waals surface area (Å²) in [6.45, 7) is 1.57. The summed E-state index contributed by atoms with van der Waals surface area (Å²) >= 11 is 1.88. The lowest BCUT2D eigenvalue weighted by Gasteiger charge is -2.20. The lowest BCUT2D eigenvalue weighted by molar-refractivity contribution is 0.0768. The molecular weight excluding hydrogens is 262 g/mol. The predicted molar refractivity (Wildman–Crippen MR) is 76.8 cm³/mol. The molecule has 0 radical (unpaired) electrons. The van der Waals surface area contributed by atoms with Crippen LogP contribution in [0.1, 0.15) is 22.3 Å². The van der Waals surface area contributed by atoms with Crippen LogP contribution in [0.3, 0.4) is 0 Å². The van der Waals surface area contributed by atoms with E-state index in [0.29, 0.717) is 11.1 Å². The molecule has 1 aromatic rings. The number of hydrogen-bond donors (Lipinski definition) is 2. The van der Waals surface area contributed by atoms with E-state index in [0.717, 1.165) is 31.0 Å². The number of oxime groups is 1. The van der Waals surface area contributed by atoms with Crippen molar-refractivity contribution in [3.8, 4) is 0 Å². The molecule has 0 unspecified atom stereocenters. The number of amides is 1. The maximum Gasteiger partial charge on any atom is 0.253 e. The summed E-state index contributed by atoms with van der Waals surface area (Å²) in [6, 6.07) is 6.88. The normalized spacial score (nSPS) is 17.1. The van der Waals surface area contributed by atoms with Crippen LogP contribution in [-0.4, -0.2) is 46.4 Å². The molecule has 6 heteroatoms. The Hall–Kier alpha value is -1.69. The van der Waals surface area contributed by atoms with E-state index in [1.54, 1.807) is 24.3 Å². The minimum absolute atomic E-state index is 0.00934. The van der Waals surface area contributed by atoms with Gasteiger partial charge in [0.2, 0.25) is 0 Å². The number of amidine groups is 1. The van der Waals surface area contributed by atoms with Gasteiger partial charge in [0.1, 0.15) is 0 Å². The Bertz CT molecular complexity index is 483. The van der Waals surface area contributed by atoms with Crippen molar-refractivity contribution in [1.29, 1.82) is 0 Å². The molecule has 0 saturated carbocycles. The van der Waals surface area contributed by atoms with Crippen molar-refractivity contribution >= 4 is 23.5 Å². The van der Waals surface area contributed by atoms with Crippen molar-refractivity contribution in [2.75, 3.05) is 24.6 Å². The molecule has 1 heterocycles. The third-order valence-electron chi connectivity index (χ3n) is 3.02. The Morgan fingerprint density at radius 1 is 1.32 bits per heavy atom. The van der Waals surface area contributed by atoms with E-state index >= 15 is 0 Å². The van der Waals surface area contributed by atoms with E-state index < -0.39 is 0 Å². The standard InChI is InChI=1S/C13H17N3O2S/c14-12(15-18)10-3-1-4-11(9-10)13(17)16-5-2-7-19-8-6-16/h1,3-4,9,18H,2,5-8H2,(H2,14,15). The summed E-state index contributed by atoms with van der Waals surface area (Å²) in [5.41, 5.74) is 6.67. The second-order valence-electron chi connectivity index (χ2n) is 4.32. The molecule has 0 spiro atoms. The van der Waals surface area contributed by atoms with Gasteiger partial charge in [0.15, 0.2) is 5.84 Å². The summed E-state index contributed by atoms with van der Waals surface area (Å²) < 4.78 is 0. The largest absolute Gasteiger partial charge is 0.409 e. The smallest absolute Gasteiger partial charge is 0.253 e. The minimum Gasteiger partial charge on any atom is -0.409 e. The zero-order valence-corrected chi connectivity index (χ0v) is 11.4. The van der Waals surface area contributed by atoms with E-state index in [1.165, 1.54) is 0 Å². The molecule has 102 valence electrons. The number of thioether (sulfide) groups is 1. The van der Waals surface area contributed by atoms with Gasteiger partial charge in [-0.1, -0.05) is 17.3 Å². The minimum atomic E-state index is 0.00934. The van der Waals surface area contributed by atoms with E-state index in [-0.39, 0.29) is 11.7 Å². The van der Waals surface area contributed by atoms with Crippen LogP contribution in [0.5, 0.6) is 0 Å². The van der Waals surface area contributed by atoms with Crippen molar-refractivity contribution in [2.45, 2.75) is 6.42 Å². The lowest BCUT2D eigenvalue weighted by atomic mass is 10.1. The quantitative estimate of drug-likeness (QED) is 0.371. The van der Waals surface area contributed by atoms with Gasteiger partial charge in [0, 0.05) is 30.0 Å². The summed E-state index contributed by atoms with van der Waals surface area (Å²) in [6.07, 6.45) is 1.02. The highest BCUT2D eigenvalue weighted by Gasteiger charge is 2.17. The molecule has 1 fully saturated rings. The van der Waals surface area contributed by atoms with Gasteiger partial charge in [-0.15, -0.1) is 0 Å². The monoisotopic (exact) mass is 279 g/mol. The summed E-state index contributed by atoms with van der Waals surface area (Å²) in [5, 5.41) is 11.6. The van der Waals surface area contributed by atoms with Crippen molar-refractivity contribution in [3.05, 3.63) is 35.4 Å². The molecule has 2 rings (SSSR count). The Morgan fingerprint density at radius 2 is 2.11 bits per heavy atom. The highest BCUT2D eigenvalue weighted by atomic mass is 32.2. The molecule has 1 aliphatic heterocycles. The summed E-state index contributed by atoms with van der Waals surface area (Å²) in [5.74, 6) is 2.11. The highest BCUT2D eigenvalue weighted by molar-refractivity contribution is 7.99. The van der Waals surface area contributed by atoms with Crippen molar-refractivity contribution in [1.82, 2.24) is 4.90 Å². The Labute approximate surface area is 116 Å². The van der Waals surface area contributed by atoms with Gasteiger partial charge < -0.3 is 15.8 Å². The molecule has 5 nitrogen and oxygen atoms in total. The number of hydrogen-bond acceptors (Lipinski definition) is 4. The van der Waals surface area contributed by atoms with Gasteiger partial charge in [-0.05, 0) is 24.3 Å². The van der Waals surface area contributed by atoms with Crippen LogP contribution in [0.25, 0.3) is 0 Å². The van der Waals surface area contributed by atoms with E-state index in [4.69, 9.17) is 10.9 Å². The number of nitrogens with two attached hydrogens (primary N) is 1. The fourth-order valence-electron chi connectivity index (χ4n) is 2.00. The Kier molecular flexibility index (Phi) is 4.68. The van der Waals surface area contributed by atoms with Gasteiger partial charge in [0.25, 0.3) is 5.91 Å². The van der Waals surface area contributed by atoms with Gasteiger partial charge in [-0.25, -0.2) is 0 Å². The van der Waals surface area contributed by atoms with Gasteiger partial charge in [-0.2, -0.15) is 11.8 Å². The van der Waals surface area contributed by atoms with Gasteiger partial charge >= 0.3 is 0 Å². The first-order valence-corrected chi connectivity index (χ1v) is 7.33. The third kappa shape index (κ3) is 3.41. The van der Waals surface area contributed by atoms with Crippen molar-refractivity contribution in [3.63, 3.8) is 0 Å². The molecular formula is C13H17N3O2S. The van der Waals surface area contributed by atoms with Gasteiger partial charge in [-0.3, -0.25) is 4.79 Å². The highest BCUT2D eigenvalue weighted by Crippen LogP contribution is 2.14. The van der Waals surface area contributed by atoms with E-state index in [9.17, 15) is 4.79 Å². The van der Waals surface area contributed by atoms with Crippen LogP contribution in [0.4, 0.5) is 0 Å². The van der Waals surface area contributed by atoms with Crippen LogP contribution < -0.4 is 5.73 Å². The zero-order chi connectivity index (χ0) is 13.7. The zero-order valence-electron chi connectivity index (χ0n) is 10.6. The van der Waals surface area contributed by atoms with Crippen LogP contribution >= 0.6 is 11.8 Å². The fourth-order valence-corrected chi connectivity index (χ4v) is 2.89. The second kappa shape index (κ2) is 6.47. The maximum absolute atomic E-state index is 12.4. The number of nitrogens with zero attached hydrogens (tertiary/aromatic N) is 2. The van der Waals surface area contributed by atoms with Crippen molar-refractivity contribution in [2.24, 2.45) is 10.9 Å². The molecule has 0 atom stereocenters. The molecule has 3 N–H and O–H groups in total. The molecule has 0 bridgehead atoms. The predicted octanol–water partition coefficient (Wildman–Crippen LogP) is 1.36. The summed E-state index contributed by atoms with van der Waals surface area (Å²) in [4.78, 5) is 14.3. The number of benzene rings is 1. The Balaban J connectivity index is 2.18. The molecule has 19 heavy (non-hydrogen) atoms. The SMILES string of the molecule is N/C(=N/O)c1cccc(C(=O)N2CCCSCC2)c1. The molecule has 1 aliphatic rings. The average molecular weight is 279 g/mol. The second-order valence-corrected chi connectivity index (χ2v) is 5.55. The van der Waals surface area contributed by atoms with Crippen LogP contribution in [0, 0.1) is 0 Å². The van der Waals surface area contributed by atoms with Crippen LogP contribution in [0.2, 0.25) is 0 Å².